The molecule has 0 fully saturated rings. The molecule has 1 aliphatic carbocycles. The van der Waals surface area contributed by atoms with Crippen LogP contribution in [0, 0.1) is 6.07 Å². The molecule has 1 heterocycles. The molecule has 2 aromatic carbocycles. The van der Waals surface area contributed by atoms with Gasteiger partial charge in [0.05, 0.1) is 11.3 Å². The number of fused-ring (bicyclic) bond motifs is 4. The molecule has 0 amide bonds. The molecule has 0 bridgehead atoms. The van der Waals surface area contributed by atoms with Crippen LogP contribution in [0.25, 0.3) is 22.2 Å². The van der Waals surface area contributed by atoms with Crippen LogP contribution in [0.15, 0.2) is 60.4 Å². The first kappa shape index (κ1) is 20.0. The maximum absolute atomic E-state index is 10.0. The zero-order chi connectivity index (χ0) is 17.8. The van der Waals surface area contributed by atoms with Crippen molar-refractivity contribution in [2.24, 2.45) is 0 Å². The van der Waals surface area contributed by atoms with Crippen LogP contribution in [-0.2, 0) is 37.7 Å². The van der Waals surface area contributed by atoms with Gasteiger partial charge in [0, 0.05) is 26.2 Å². The number of carbonyl (C=O) groups excluding carboxylic acids is 1. The van der Waals surface area contributed by atoms with Gasteiger partial charge in [-0.2, -0.15) is 0 Å². The van der Waals surface area contributed by atoms with Gasteiger partial charge in [0.1, 0.15) is 0 Å². The van der Waals surface area contributed by atoms with Crippen molar-refractivity contribution in [1.29, 1.82) is 0 Å². The van der Waals surface area contributed by atoms with Gasteiger partial charge in [-0.25, -0.2) is 0 Å². The fourth-order valence-electron chi connectivity index (χ4n) is 3.03. The zero-order valence-electron chi connectivity index (χ0n) is 14.7. The van der Waals surface area contributed by atoms with Crippen LogP contribution in [0.3, 0.4) is 0 Å². The molecule has 0 saturated heterocycles. The number of aromatic nitrogens is 1. The van der Waals surface area contributed by atoms with Crippen molar-refractivity contribution in [2.45, 2.75) is 26.7 Å². The topological polar surface area (TPSA) is 50.2 Å². The number of pyridine rings is 1. The molecule has 3 aromatic rings. The Kier molecular flexibility index (Phi) is 6.84. The quantitative estimate of drug-likeness (QED) is 0.283. The van der Waals surface area contributed by atoms with Crippen molar-refractivity contribution in [2.75, 3.05) is 0 Å². The van der Waals surface area contributed by atoms with E-state index in [1.54, 1.807) is 0 Å². The van der Waals surface area contributed by atoms with Crippen molar-refractivity contribution in [1.82, 2.24) is 4.98 Å². The fraction of sp³-hybridized carbons (Fsp3) is 0.182. The van der Waals surface area contributed by atoms with Crippen LogP contribution in [0.5, 0.6) is 0 Å². The van der Waals surface area contributed by atoms with E-state index in [1.807, 2.05) is 12.1 Å². The summed E-state index contributed by atoms with van der Waals surface area (Å²) >= 11 is 0. The molecule has 135 valence electrons. The molecule has 4 rings (SSSR count). The minimum Gasteiger partial charge on any atom is -0.512 e. The van der Waals surface area contributed by atoms with Gasteiger partial charge in [-0.1, -0.05) is 36.2 Å². The fourth-order valence-corrected chi connectivity index (χ4v) is 3.03. The summed E-state index contributed by atoms with van der Waals surface area (Å²) in [6.07, 6.45) is 3.34. The van der Waals surface area contributed by atoms with Gasteiger partial charge in [-0.3, -0.25) is 9.78 Å². The van der Waals surface area contributed by atoms with Crippen molar-refractivity contribution in [3.8, 4) is 11.3 Å². The van der Waals surface area contributed by atoms with Crippen LogP contribution >= 0.6 is 0 Å². The Morgan fingerprint density at radius 1 is 1.12 bits per heavy atom. The van der Waals surface area contributed by atoms with Gasteiger partial charge in [0.2, 0.25) is 0 Å². The van der Waals surface area contributed by atoms with Gasteiger partial charge in [0.25, 0.3) is 0 Å². The van der Waals surface area contributed by atoms with Crippen molar-refractivity contribution in [3.05, 3.63) is 77.6 Å². The number of hydrogen-bond acceptors (Lipinski definition) is 3. The van der Waals surface area contributed by atoms with Crippen LogP contribution in [0.4, 0.5) is 0 Å². The van der Waals surface area contributed by atoms with E-state index in [9.17, 15) is 4.79 Å². The first-order chi connectivity index (χ1) is 12.0. The number of aliphatic hydroxyl groups is 1. The maximum atomic E-state index is 10.0. The van der Waals surface area contributed by atoms with Gasteiger partial charge in [-0.05, 0) is 37.4 Å². The Labute approximate surface area is 167 Å². The van der Waals surface area contributed by atoms with E-state index in [1.165, 1.54) is 42.0 Å². The molecule has 0 aliphatic heterocycles. The smallest absolute Gasteiger partial charge is 0.155 e. The van der Waals surface area contributed by atoms with E-state index < -0.39 is 0 Å². The third-order valence-electron chi connectivity index (χ3n) is 4.06. The minimum absolute atomic E-state index is 0. The molecule has 0 atom stereocenters. The molecule has 0 unspecified atom stereocenters. The first-order valence-corrected chi connectivity index (χ1v) is 8.31. The van der Waals surface area contributed by atoms with Crippen LogP contribution in [0.1, 0.15) is 25.0 Å². The molecular weight excluding hydrogens is 502 g/mol. The molecule has 0 spiro atoms. The summed E-state index contributed by atoms with van der Waals surface area (Å²) in [7, 11) is 0. The number of para-hydroxylation sites is 1. The summed E-state index contributed by atoms with van der Waals surface area (Å²) < 4.78 is 0. The average molecular weight is 523 g/mol. The first-order valence-electron chi connectivity index (χ1n) is 8.31. The number of allylic oxidation sites excluding steroid dienone is 2. The SMILES string of the molecule is CC(=O)/C=C(/C)O.[Ir].[c-]1cccc2c1-c1nc3ccccc3cc1CC2. The summed E-state index contributed by atoms with van der Waals surface area (Å²) in [5, 5.41) is 9.60. The van der Waals surface area contributed by atoms with Gasteiger partial charge >= 0.3 is 0 Å². The normalized spacial score (nSPS) is 12.2. The molecule has 4 heteroatoms. The standard InChI is InChI=1S/C17H12N.C5H8O2.Ir/c1-3-7-15-12(5-1)9-10-14-11-13-6-2-4-8-16(13)18-17(14)15;1-4(6)3-5(2)7;/h1-6,8,11H,9-10H2;3,6H,1-2H3;/q-1;;/b;4-3-;. The van der Waals surface area contributed by atoms with Crippen molar-refractivity contribution >= 4 is 16.7 Å². The van der Waals surface area contributed by atoms with E-state index in [2.05, 4.69) is 42.5 Å². The van der Waals surface area contributed by atoms with Crippen LogP contribution < -0.4 is 0 Å². The van der Waals surface area contributed by atoms with Gasteiger partial charge in [0.15, 0.2) is 5.78 Å². The number of carbonyl (C=O) groups is 1. The summed E-state index contributed by atoms with van der Waals surface area (Å²) in [5.41, 5.74) is 6.10. The van der Waals surface area contributed by atoms with E-state index >= 15 is 0 Å². The third-order valence-corrected chi connectivity index (χ3v) is 4.06. The van der Waals surface area contributed by atoms with E-state index in [4.69, 9.17) is 10.1 Å². The molecule has 26 heavy (non-hydrogen) atoms. The molecule has 0 saturated carbocycles. The van der Waals surface area contributed by atoms with E-state index in [0.29, 0.717) is 0 Å². The van der Waals surface area contributed by atoms with Crippen molar-refractivity contribution < 1.29 is 30.0 Å². The number of aliphatic hydroxyl groups excluding tert-OH is 1. The second kappa shape index (κ2) is 8.88. The molecule has 1 radical (unpaired) electrons. The number of aryl methyl sites for hydroxylation is 2. The second-order valence-corrected chi connectivity index (χ2v) is 6.16. The molecule has 3 nitrogen and oxygen atoms in total. The van der Waals surface area contributed by atoms with Crippen LogP contribution in [0.2, 0.25) is 0 Å². The predicted molar refractivity (Wildman–Crippen MR) is 100 cm³/mol. The number of nitrogens with zero attached hydrogens (tertiary/aromatic N) is 1. The number of hydrogen-bond donors (Lipinski definition) is 1. The molecule has 1 aromatic heterocycles. The van der Waals surface area contributed by atoms with E-state index in [0.717, 1.165) is 24.1 Å². The van der Waals surface area contributed by atoms with E-state index in [-0.39, 0.29) is 31.6 Å². The zero-order valence-corrected chi connectivity index (χ0v) is 17.1. The molecule has 1 N–H and O–H groups in total. The van der Waals surface area contributed by atoms with Gasteiger partial charge < -0.3 is 5.11 Å². The molecule has 1 aliphatic rings. The summed E-state index contributed by atoms with van der Waals surface area (Å²) in [4.78, 5) is 14.8. The largest absolute Gasteiger partial charge is 0.512 e. The predicted octanol–water partition coefficient (Wildman–Crippen LogP) is 4.84. The monoisotopic (exact) mass is 523 g/mol. The summed E-state index contributed by atoms with van der Waals surface area (Å²) in [5.74, 6) is -0.0625. The number of rotatable bonds is 1. The van der Waals surface area contributed by atoms with Crippen molar-refractivity contribution in [3.63, 3.8) is 0 Å². The van der Waals surface area contributed by atoms with Crippen LogP contribution in [-0.4, -0.2) is 15.9 Å². The Bertz CT molecular complexity index is 959. The summed E-state index contributed by atoms with van der Waals surface area (Å²) in [6, 6.07) is 20.2. The Balaban J connectivity index is 0.000000265. The number of ketones is 1. The molecular formula is C22H20IrNO2-. The Morgan fingerprint density at radius 2 is 1.85 bits per heavy atom. The Morgan fingerprint density at radius 3 is 2.54 bits per heavy atom. The maximum Gasteiger partial charge on any atom is 0.155 e. The third kappa shape index (κ3) is 4.66. The summed E-state index contributed by atoms with van der Waals surface area (Å²) in [6.45, 7) is 2.85. The average Bonchev–Trinajstić information content (AvgIpc) is 2.59. The van der Waals surface area contributed by atoms with Gasteiger partial charge in [-0.15, -0.1) is 35.4 Å². The Hall–Kier alpha value is -2.29. The minimum atomic E-state index is -0.125. The number of benzene rings is 2. The second-order valence-electron chi connectivity index (χ2n) is 6.16.